The number of pyridine rings is 1. The highest BCUT2D eigenvalue weighted by atomic mass is 16.5. The summed E-state index contributed by atoms with van der Waals surface area (Å²) in [6.45, 7) is 5.87. The fourth-order valence-corrected chi connectivity index (χ4v) is 2.65. The van der Waals surface area contributed by atoms with Gasteiger partial charge in [0, 0.05) is 24.2 Å². The average molecular weight is 257 g/mol. The van der Waals surface area contributed by atoms with E-state index >= 15 is 0 Å². The highest BCUT2D eigenvalue weighted by Crippen LogP contribution is 2.33. The number of ether oxygens (including phenoxy) is 1. The molecule has 4 nitrogen and oxygen atoms in total. The van der Waals surface area contributed by atoms with Crippen molar-refractivity contribution in [1.29, 1.82) is 0 Å². The Morgan fingerprint density at radius 1 is 1.32 bits per heavy atom. The van der Waals surface area contributed by atoms with Gasteiger partial charge in [0.2, 0.25) is 0 Å². The van der Waals surface area contributed by atoms with Crippen LogP contribution >= 0.6 is 0 Å². The molecule has 100 valence electrons. The number of hydrogen-bond donors (Lipinski definition) is 1. The van der Waals surface area contributed by atoms with E-state index in [2.05, 4.69) is 29.8 Å². The number of nitrogens with two attached hydrogens (primary N) is 1. The van der Waals surface area contributed by atoms with Crippen molar-refractivity contribution < 1.29 is 4.74 Å². The van der Waals surface area contributed by atoms with Crippen LogP contribution in [0.2, 0.25) is 0 Å². The minimum atomic E-state index is 0.236. The first-order chi connectivity index (χ1) is 9.16. The maximum atomic E-state index is 6.34. The lowest BCUT2D eigenvalue weighted by molar-refractivity contribution is 0.0344. The van der Waals surface area contributed by atoms with Crippen molar-refractivity contribution in [2.75, 3.05) is 23.8 Å². The fourth-order valence-electron chi connectivity index (χ4n) is 2.65. The van der Waals surface area contributed by atoms with Crippen LogP contribution in [0.3, 0.4) is 0 Å². The van der Waals surface area contributed by atoms with Gasteiger partial charge in [0.25, 0.3) is 0 Å². The van der Waals surface area contributed by atoms with E-state index in [0.717, 1.165) is 35.4 Å². The van der Waals surface area contributed by atoms with Crippen LogP contribution in [0.1, 0.15) is 13.8 Å². The molecule has 0 bridgehead atoms. The van der Waals surface area contributed by atoms with E-state index in [0.29, 0.717) is 6.04 Å². The van der Waals surface area contributed by atoms with Crippen LogP contribution in [0.4, 0.5) is 11.4 Å². The van der Waals surface area contributed by atoms with Gasteiger partial charge in [0.1, 0.15) is 0 Å². The van der Waals surface area contributed by atoms with Gasteiger partial charge in [0.15, 0.2) is 0 Å². The number of nitrogens with zero attached hydrogens (tertiary/aromatic N) is 2. The summed E-state index contributed by atoms with van der Waals surface area (Å²) < 4.78 is 5.67. The number of hydrogen-bond acceptors (Lipinski definition) is 4. The molecule has 1 aromatic heterocycles. The molecule has 1 saturated heterocycles. The topological polar surface area (TPSA) is 51.4 Å². The third kappa shape index (κ3) is 2.12. The first-order valence-corrected chi connectivity index (χ1v) is 6.68. The molecule has 4 heteroatoms. The van der Waals surface area contributed by atoms with Crippen molar-refractivity contribution in [3.8, 4) is 0 Å². The number of morpholine rings is 1. The summed E-state index contributed by atoms with van der Waals surface area (Å²) in [4.78, 5) is 6.67. The number of rotatable bonds is 1. The van der Waals surface area contributed by atoms with Crippen molar-refractivity contribution >= 4 is 22.3 Å². The molecule has 0 radical (unpaired) electrons. The summed E-state index contributed by atoms with van der Waals surface area (Å²) in [6.07, 6.45) is 2.03. The second-order valence-electron chi connectivity index (χ2n) is 5.21. The van der Waals surface area contributed by atoms with Crippen molar-refractivity contribution in [3.63, 3.8) is 0 Å². The van der Waals surface area contributed by atoms with E-state index in [1.807, 2.05) is 18.2 Å². The highest BCUT2D eigenvalue weighted by molar-refractivity contribution is 5.97. The van der Waals surface area contributed by atoms with E-state index in [1.165, 1.54) is 0 Å². The molecule has 0 saturated carbocycles. The fraction of sp³-hybridized carbons (Fsp3) is 0.400. The zero-order valence-electron chi connectivity index (χ0n) is 11.3. The molecule has 0 spiro atoms. The van der Waals surface area contributed by atoms with Gasteiger partial charge in [-0.15, -0.1) is 0 Å². The molecule has 1 aliphatic rings. The zero-order valence-corrected chi connectivity index (χ0v) is 11.3. The van der Waals surface area contributed by atoms with Gasteiger partial charge in [-0.05, 0) is 38.1 Å². The molecule has 19 heavy (non-hydrogen) atoms. The molecule has 3 rings (SSSR count). The van der Waals surface area contributed by atoms with Crippen LogP contribution in [0.15, 0.2) is 30.5 Å². The zero-order chi connectivity index (χ0) is 13.4. The standard InChI is InChI=1S/C15H19N3O/c1-10-9-19-11(2)8-18(10)14-6-5-13-12(15(14)16)4-3-7-17-13/h3-7,10-11H,8-9,16H2,1-2H3. The van der Waals surface area contributed by atoms with E-state index in [9.17, 15) is 0 Å². The van der Waals surface area contributed by atoms with Crippen molar-refractivity contribution in [3.05, 3.63) is 30.5 Å². The van der Waals surface area contributed by atoms with Gasteiger partial charge in [-0.2, -0.15) is 0 Å². The van der Waals surface area contributed by atoms with Crippen molar-refractivity contribution in [2.45, 2.75) is 26.0 Å². The van der Waals surface area contributed by atoms with Crippen LogP contribution in [-0.4, -0.2) is 30.3 Å². The van der Waals surface area contributed by atoms with Crippen LogP contribution < -0.4 is 10.6 Å². The molecule has 2 heterocycles. The molecule has 2 atom stereocenters. The van der Waals surface area contributed by atoms with Crippen LogP contribution in [0, 0.1) is 0 Å². The smallest absolute Gasteiger partial charge is 0.0724 e. The summed E-state index contributed by atoms with van der Waals surface area (Å²) in [6, 6.07) is 8.39. The summed E-state index contributed by atoms with van der Waals surface area (Å²) in [5.41, 5.74) is 9.18. The maximum Gasteiger partial charge on any atom is 0.0724 e. The Balaban J connectivity index is 2.07. The SMILES string of the molecule is CC1CN(c2ccc3ncccc3c2N)C(C)CO1. The van der Waals surface area contributed by atoms with E-state index < -0.39 is 0 Å². The lowest BCUT2D eigenvalue weighted by atomic mass is 10.1. The summed E-state index contributed by atoms with van der Waals surface area (Å²) in [7, 11) is 0. The average Bonchev–Trinajstić information content (AvgIpc) is 2.43. The Morgan fingerprint density at radius 2 is 2.16 bits per heavy atom. The van der Waals surface area contributed by atoms with Gasteiger partial charge in [-0.25, -0.2) is 0 Å². The number of fused-ring (bicyclic) bond motifs is 1. The Kier molecular flexibility index (Phi) is 3.03. The van der Waals surface area contributed by atoms with Gasteiger partial charge < -0.3 is 15.4 Å². The Hall–Kier alpha value is -1.81. The third-order valence-electron chi connectivity index (χ3n) is 3.72. The van der Waals surface area contributed by atoms with Gasteiger partial charge in [-0.1, -0.05) is 0 Å². The maximum absolute atomic E-state index is 6.34. The summed E-state index contributed by atoms with van der Waals surface area (Å²) in [5.74, 6) is 0. The van der Waals surface area contributed by atoms with Crippen molar-refractivity contribution in [1.82, 2.24) is 4.98 Å². The lowest BCUT2D eigenvalue weighted by Crippen LogP contribution is -2.47. The molecule has 2 N–H and O–H groups in total. The molecule has 2 aromatic rings. The second kappa shape index (κ2) is 4.70. The Morgan fingerprint density at radius 3 is 3.00 bits per heavy atom. The van der Waals surface area contributed by atoms with E-state index in [-0.39, 0.29) is 6.10 Å². The van der Waals surface area contributed by atoms with Crippen LogP contribution in [0.25, 0.3) is 10.9 Å². The number of nitrogen functional groups attached to an aromatic ring is 1. The number of anilines is 2. The Bertz CT molecular complexity index is 599. The predicted octanol–water partition coefficient (Wildman–Crippen LogP) is 2.43. The largest absolute Gasteiger partial charge is 0.396 e. The highest BCUT2D eigenvalue weighted by Gasteiger charge is 2.25. The monoisotopic (exact) mass is 257 g/mol. The molecule has 0 aliphatic carbocycles. The summed E-state index contributed by atoms with van der Waals surface area (Å²) >= 11 is 0. The molecule has 0 amide bonds. The first-order valence-electron chi connectivity index (χ1n) is 6.68. The third-order valence-corrected chi connectivity index (χ3v) is 3.72. The van der Waals surface area contributed by atoms with Gasteiger partial charge in [-0.3, -0.25) is 4.98 Å². The number of benzene rings is 1. The summed E-state index contributed by atoms with van der Waals surface area (Å²) in [5, 5.41) is 1.02. The van der Waals surface area contributed by atoms with Crippen molar-refractivity contribution in [2.24, 2.45) is 0 Å². The minimum absolute atomic E-state index is 0.236. The van der Waals surface area contributed by atoms with Crippen LogP contribution in [0.5, 0.6) is 0 Å². The minimum Gasteiger partial charge on any atom is -0.396 e. The van der Waals surface area contributed by atoms with E-state index in [1.54, 1.807) is 6.20 Å². The normalized spacial score (nSPS) is 23.8. The quantitative estimate of drug-likeness (QED) is 0.797. The van der Waals surface area contributed by atoms with Gasteiger partial charge in [0.05, 0.1) is 29.6 Å². The van der Waals surface area contributed by atoms with E-state index in [4.69, 9.17) is 10.5 Å². The predicted molar refractivity (Wildman–Crippen MR) is 78.4 cm³/mol. The molecular formula is C15H19N3O. The molecule has 1 aromatic carbocycles. The van der Waals surface area contributed by atoms with Gasteiger partial charge >= 0.3 is 0 Å². The molecular weight excluding hydrogens is 238 g/mol. The Labute approximate surface area is 113 Å². The molecule has 1 fully saturated rings. The molecule has 1 aliphatic heterocycles. The molecule has 2 unspecified atom stereocenters. The number of aromatic nitrogens is 1. The van der Waals surface area contributed by atoms with Crippen LogP contribution in [-0.2, 0) is 4.74 Å². The lowest BCUT2D eigenvalue weighted by Gasteiger charge is -2.39. The second-order valence-corrected chi connectivity index (χ2v) is 5.21. The first kappa shape index (κ1) is 12.2.